The number of nitrogens with zero attached hydrogens (tertiary/aromatic N) is 2. The number of anilines is 1. The van der Waals surface area contributed by atoms with Gasteiger partial charge in [0.1, 0.15) is 11.9 Å². The number of aromatic nitrogens is 1. The first-order valence-electron chi connectivity index (χ1n) is 11.1. The van der Waals surface area contributed by atoms with Gasteiger partial charge in [0.15, 0.2) is 11.5 Å². The van der Waals surface area contributed by atoms with Gasteiger partial charge in [0.05, 0.1) is 4.90 Å². The molecule has 2 aliphatic heterocycles. The Morgan fingerprint density at radius 1 is 1.06 bits per heavy atom. The van der Waals surface area contributed by atoms with Gasteiger partial charge >= 0.3 is 0 Å². The Labute approximate surface area is 192 Å². The van der Waals surface area contributed by atoms with E-state index >= 15 is 0 Å². The third-order valence-corrected chi connectivity index (χ3v) is 7.90. The minimum Gasteiger partial charge on any atom is -0.490 e. The summed E-state index contributed by atoms with van der Waals surface area (Å²) in [5.74, 6) is 0.926. The Bertz CT molecular complexity index is 1280. The predicted molar refractivity (Wildman–Crippen MR) is 123 cm³/mol. The quantitative estimate of drug-likeness (QED) is 0.606. The zero-order valence-corrected chi connectivity index (χ0v) is 19.1. The summed E-state index contributed by atoms with van der Waals surface area (Å²) in [5.41, 5.74) is 2.54. The normalized spacial score (nSPS) is 18.5. The second-order valence-electron chi connectivity index (χ2n) is 8.47. The highest BCUT2D eigenvalue weighted by atomic mass is 32.2. The lowest BCUT2D eigenvalue weighted by Crippen LogP contribution is -2.35. The lowest BCUT2D eigenvalue weighted by atomic mass is 10.1. The fourth-order valence-corrected chi connectivity index (χ4v) is 5.77. The molecule has 0 bridgehead atoms. The van der Waals surface area contributed by atoms with Gasteiger partial charge in [0.2, 0.25) is 10.0 Å². The van der Waals surface area contributed by atoms with Crippen LogP contribution in [0.3, 0.4) is 0 Å². The zero-order chi connectivity index (χ0) is 23.0. The average Bonchev–Trinajstić information content (AvgIpc) is 3.46. The first-order valence-corrected chi connectivity index (χ1v) is 12.5. The maximum atomic E-state index is 12.8. The summed E-state index contributed by atoms with van der Waals surface area (Å²) in [6.07, 6.45) is 3.79. The summed E-state index contributed by atoms with van der Waals surface area (Å²) in [7, 11) is -3.51. The predicted octanol–water partition coefficient (Wildman–Crippen LogP) is 4.09. The van der Waals surface area contributed by atoms with Crippen LogP contribution >= 0.6 is 0 Å². The molecule has 0 unspecified atom stereocenters. The molecule has 172 valence electrons. The number of carbonyl (C=O) groups excluding carboxylic acids is 1. The molecule has 2 aromatic carbocycles. The van der Waals surface area contributed by atoms with E-state index in [0.717, 1.165) is 42.6 Å². The summed E-state index contributed by atoms with van der Waals surface area (Å²) in [5, 5.41) is 6.63. The Morgan fingerprint density at radius 3 is 2.58 bits per heavy atom. The molecule has 2 aliphatic rings. The number of fused-ring (bicyclic) bond motifs is 1. The van der Waals surface area contributed by atoms with Gasteiger partial charge in [-0.25, -0.2) is 8.42 Å². The van der Waals surface area contributed by atoms with E-state index < -0.39 is 15.9 Å². The van der Waals surface area contributed by atoms with Crippen molar-refractivity contribution in [2.24, 2.45) is 0 Å². The second-order valence-corrected chi connectivity index (χ2v) is 10.4. The van der Waals surface area contributed by atoms with Crippen LogP contribution in [0.1, 0.15) is 42.2 Å². The molecule has 3 heterocycles. The average molecular weight is 468 g/mol. The standard InChI is InChI=1S/C24H25N3O5S/c1-16-13-18-14-17(5-10-22(18)31-16)23-15-21(26-32-23)24(28)25-19-6-8-20(9-7-19)33(29,30)27-11-3-2-4-12-27/h5-10,14-16H,2-4,11-13H2,1H3,(H,25,28)/t16-/m1/s1. The fraction of sp³-hybridized carbons (Fsp3) is 0.333. The molecule has 1 aromatic heterocycles. The highest BCUT2D eigenvalue weighted by Gasteiger charge is 2.26. The third kappa shape index (κ3) is 4.38. The van der Waals surface area contributed by atoms with Crippen molar-refractivity contribution in [3.63, 3.8) is 0 Å². The monoisotopic (exact) mass is 467 g/mol. The highest BCUT2D eigenvalue weighted by molar-refractivity contribution is 7.89. The molecule has 8 nitrogen and oxygen atoms in total. The second kappa shape index (κ2) is 8.64. The van der Waals surface area contributed by atoms with Gasteiger partial charge in [-0.1, -0.05) is 11.6 Å². The van der Waals surface area contributed by atoms with Crippen molar-refractivity contribution in [2.75, 3.05) is 18.4 Å². The summed E-state index contributed by atoms with van der Waals surface area (Å²) >= 11 is 0. The lowest BCUT2D eigenvalue weighted by Gasteiger charge is -2.25. The van der Waals surface area contributed by atoms with Crippen LogP contribution in [0.4, 0.5) is 5.69 Å². The van der Waals surface area contributed by atoms with Crippen LogP contribution in [0, 0.1) is 0 Å². The molecule has 1 fully saturated rings. The molecule has 0 radical (unpaired) electrons. The van der Waals surface area contributed by atoms with E-state index in [-0.39, 0.29) is 16.7 Å². The summed E-state index contributed by atoms with van der Waals surface area (Å²) < 4.78 is 38.2. The summed E-state index contributed by atoms with van der Waals surface area (Å²) in [6.45, 7) is 3.11. The molecule has 33 heavy (non-hydrogen) atoms. The number of carbonyl (C=O) groups is 1. The highest BCUT2D eigenvalue weighted by Crippen LogP contribution is 2.33. The third-order valence-electron chi connectivity index (χ3n) is 5.99. The molecular weight excluding hydrogens is 442 g/mol. The van der Waals surface area contributed by atoms with E-state index in [4.69, 9.17) is 9.26 Å². The zero-order valence-electron chi connectivity index (χ0n) is 18.3. The van der Waals surface area contributed by atoms with Crippen LogP contribution in [-0.4, -0.2) is 43.0 Å². The van der Waals surface area contributed by atoms with Gasteiger partial charge < -0.3 is 14.6 Å². The van der Waals surface area contributed by atoms with Gasteiger partial charge in [0, 0.05) is 36.8 Å². The number of benzene rings is 2. The number of nitrogens with one attached hydrogen (secondary N) is 1. The van der Waals surface area contributed by atoms with Gasteiger partial charge in [0.25, 0.3) is 5.91 Å². The number of sulfonamides is 1. The SMILES string of the molecule is C[C@@H]1Cc2cc(-c3cc(C(=O)Nc4ccc(S(=O)(=O)N5CCCCC5)cc4)no3)ccc2O1. The molecule has 1 amide bonds. The van der Waals surface area contributed by atoms with Crippen LogP contribution < -0.4 is 10.1 Å². The number of amides is 1. The first-order chi connectivity index (χ1) is 15.9. The molecule has 3 aromatic rings. The largest absolute Gasteiger partial charge is 0.490 e. The van der Waals surface area contributed by atoms with E-state index in [0.29, 0.717) is 24.5 Å². The van der Waals surface area contributed by atoms with Crippen molar-refractivity contribution in [1.29, 1.82) is 0 Å². The molecule has 1 saturated heterocycles. The van der Waals surface area contributed by atoms with E-state index in [1.54, 1.807) is 18.2 Å². The van der Waals surface area contributed by atoms with Gasteiger partial charge in [-0.15, -0.1) is 0 Å². The van der Waals surface area contributed by atoms with Crippen molar-refractivity contribution in [2.45, 2.75) is 43.6 Å². The Balaban J connectivity index is 1.27. The molecule has 0 spiro atoms. The van der Waals surface area contributed by atoms with E-state index in [1.165, 1.54) is 16.4 Å². The van der Waals surface area contributed by atoms with Gasteiger partial charge in [-0.3, -0.25) is 4.79 Å². The lowest BCUT2D eigenvalue weighted by molar-refractivity contribution is 0.101. The number of rotatable bonds is 5. The fourth-order valence-electron chi connectivity index (χ4n) is 4.25. The topological polar surface area (TPSA) is 102 Å². The maximum absolute atomic E-state index is 12.8. The Morgan fingerprint density at radius 2 is 1.82 bits per heavy atom. The molecule has 1 atom stereocenters. The van der Waals surface area contributed by atoms with Crippen LogP contribution in [0.2, 0.25) is 0 Å². The Hall–Kier alpha value is -3.17. The number of hydrogen-bond donors (Lipinski definition) is 1. The summed E-state index contributed by atoms with van der Waals surface area (Å²) in [4.78, 5) is 12.9. The molecule has 1 N–H and O–H groups in total. The number of piperidine rings is 1. The molecule has 0 saturated carbocycles. The first kappa shape index (κ1) is 21.7. The van der Waals surface area contributed by atoms with Crippen molar-refractivity contribution in [1.82, 2.24) is 9.46 Å². The molecule has 0 aliphatic carbocycles. The van der Waals surface area contributed by atoms with E-state index in [1.807, 2.05) is 25.1 Å². The minimum absolute atomic E-state index is 0.139. The maximum Gasteiger partial charge on any atom is 0.277 e. The summed E-state index contributed by atoms with van der Waals surface area (Å²) in [6, 6.07) is 13.5. The van der Waals surface area contributed by atoms with E-state index in [9.17, 15) is 13.2 Å². The number of ether oxygens (including phenoxy) is 1. The van der Waals surface area contributed by atoms with Gasteiger partial charge in [-0.2, -0.15) is 4.31 Å². The van der Waals surface area contributed by atoms with Crippen LogP contribution in [0.25, 0.3) is 11.3 Å². The molecular formula is C24H25N3O5S. The number of hydrogen-bond acceptors (Lipinski definition) is 6. The van der Waals surface area contributed by atoms with Crippen LogP contribution in [0.15, 0.2) is 57.9 Å². The van der Waals surface area contributed by atoms with Crippen molar-refractivity contribution in [3.8, 4) is 17.1 Å². The van der Waals surface area contributed by atoms with Crippen molar-refractivity contribution < 1.29 is 22.5 Å². The smallest absolute Gasteiger partial charge is 0.277 e. The minimum atomic E-state index is -3.51. The van der Waals surface area contributed by atoms with Crippen LogP contribution in [0.5, 0.6) is 5.75 Å². The van der Waals surface area contributed by atoms with Crippen molar-refractivity contribution >= 4 is 21.6 Å². The Kier molecular flexibility index (Phi) is 5.67. The molecule has 5 rings (SSSR count). The van der Waals surface area contributed by atoms with Crippen LogP contribution in [-0.2, 0) is 16.4 Å². The van der Waals surface area contributed by atoms with Crippen molar-refractivity contribution in [3.05, 3.63) is 59.8 Å². The molecule has 9 heteroatoms. The van der Waals surface area contributed by atoms with Gasteiger partial charge in [-0.05, 0) is 67.8 Å². The van der Waals surface area contributed by atoms with E-state index in [2.05, 4.69) is 10.5 Å².